The number of hydrogen-bond acceptors (Lipinski definition) is 2. The number of hydrogen-bond donors (Lipinski definition) is 1. The maximum absolute atomic E-state index is 11.1. The van der Waals surface area contributed by atoms with Crippen LogP contribution in [0.4, 0.5) is 0 Å². The van der Waals surface area contributed by atoms with Gasteiger partial charge in [-0.3, -0.25) is 0 Å². The zero-order valence-electron chi connectivity index (χ0n) is 9.67. The molecule has 0 spiro atoms. The molecule has 3 heteroatoms. The lowest BCUT2D eigenvalue weighted by molar-refractivity contribution is 0.592. The topological polar surface area (TPSA) is 49.1 Å². The molecule has 2 aromatic rings. The van der Waals surface area contributed by atoms with E-state index in [9.17, 15) is 4.55 Å². The second-order valence-electron chi connectivity index (χ2n) is 3.96. The molecule has 0 radical (unpaired) electrons. The molecule has 0 aliphatic carbocycles. The van der Waals surface area contributed by atoms with Crippen molar-refractivity contribution in [2.45, 2.75) is 12.2 Å². The first-order chi connectivity index (χ1) is 8.18. The van der Waals surface area contributed by atoms with Crippen LogP contribution in [0.25, 0.3) is 16.8 Å². The van der Waals surface area contributed by atoms with E-state index in [0.29, 0.717) is 0 Å². The maximum atomic E-state index is 11.1. The number of rotatable bonds is 3. The summed E-state index contributed by atoms with van der Waals surface area (Å²) in [5, 5.41) is 7.60. The Morgan fingerprint density at radius 3 is 2.65 bits per heavy atom. The van der Waals surface area contributed by atoms with Gasteiger partial charge in [-0.05, 0) is 29.3 Å². The summed E-state index contributed by atoms with van der Waals surface area (Å²) >= 11 is -1.30. The number of nitrogens with two attached hydrogens (primary N) is 1. The van der Waals surface area contributed by atoms with Crippen molar-refractivity contribution in [2.75, 3.05) is 0 Å². The van der Waals surface area contributed by atoms with Crippen LogP contribution in [-0.2, 0) is 11.4 Å². The molecule has 0 aliphatic heterocycles. The first kappa shape index (κ1) is 12.2. The highest BCUT2D eigenvalue weighted by Gasteiger charge is 2.07. The highest BCUT2D eigenvalue weighted by Crippen LogP contribution is 2.20. The zero-order valence-corrected chi connectivity index (χ0v) is 10.5. The lowest BCUT2D eigenvalue weighted by Crippen LogP contribution is -2.23. The molecule has 2 rings (SSSR count). The number of fused-ring (bicyclic) bond motifs is 1. The minimum atomic E-state index is -1.30. The molecule has 0 aromatic heterocycles. The summed E-state index contributed by atoms with van der Waals surface area (Å²) in [6.07, 6.45) is 3.87. The molecular formula is C14H15NOS. The van der Waals surface area contributed by atoms with Crippen molar-refractivity contribution in [1.82, 2.24) is 0 Å². The Balaban J connectivity index is 2.36. The van der Waals surface area contributed by atoms with Gasteiger partial charge >= 0.3 is 0 Å². The molecule has 2 aromatic carbocycles. The standard InChI is InChI=1S/C14H15NOS/c1-11(17(15)16)9-10-13-7-4-6-12-5-2-3-8-14(12)13/h2-11H,15H2,1H3. The molecule has 17 heavy (non-hydrogen) atoms. The van der Waals surface area contributed by atoms with Crippen molar-refractivity contribution in [2.24, 2.45) is 5.14 Å². The summed E-state index contributed by atoms with van der Waals surface area (Å²) in [6, 6.07) is 14.3. The fraction of sp³-hybridized carbons (Fsp3) is 0.143. The van der Waals surface area contributed by atoms with Gasteiger partial charge in [0.25, 0.3) is 0 Å². The monoisotopic (exact) mass is 245 g/mol. The first-order valence-corrected chi connectivity index (χ1v) is 6.77. The Labute approximate surface area is 104 Å². The van der Waals surface area contributed by atoms with Crippen molar-refractivity contribution in [1.29, 1.82) is 0 Å². The third kappa shape index (κ3) is 2.88. The van der Waals surface area contributed by atoms with E-state index < -0.39 is 11.4 Å². The van der Waals surface area contributed by atoms with Crippen LogP contribution in [0.15, 0.2) is 48.5 Å². The van der Waals surface area contributed by atoms with Crippen molar-refractivity contribution in [3.05, 3.63) is 54.1 Å². The third-order valence-electron chi connectivity index (χ3n) is 2.74. The Morgan fingerprint density at radius 1 is 1.18 bits per heavy atom. The molecule has 2 atom stereocenters. The van der Waals surface area contributed by atoms with Crippen LogP contribution in [0.2, 0.25) is 0 Å². The van der Waals surface area contributed by atoms with Gasteiger partial charge in [0.2, 0.25) is 0 Å². The van der Waals surface area contributed by atoms with Gasteiger partial charge in [-0.25, -0.2) is 0 Å². The second kappa shape index (κ2) is 5.36. The first-order valence-electron chi connectivity index (χ1n) is 5.49. The largest absolute Gasteiger partial charge is 0.598 e. The predicted octanol–water partition coefficient (Wildman–Crippen LogP) is 2.86. The molecular weight excluding hydrogens is 230 g/mol. The minimum Gasteiger partial charge on any atom is -0.598 e. The van der Waals surface area contributed by atoms with Crippen molar-refractivity contribution < 1.29 is 4.55 Å². The Bertz CT molecular complexity index is 531. The summed E-state index contributed by atoms with van der Waals surface area (Å²) in [7, 11) is 0. The second-order valence-corrected chi connectivity index (χ2v) is 5.36. The van der Waals surface area contributed by atoms with E-state index in [1.165, 1.54) is 10.8 Å². The van der Waals surface area contributed by atoms with Crippen LogP contribution in [-0.4, -0.2) is 9.80 Å². The summed E-state index contributed by atoms with van der Waals surface area (Å²) in [5.41, 5.74) is 1.13. The minimum absolute atomic E-state index is 0.131. The SMILES string of the molecule is CC(C=Cc1cccc2ccccc12)[S+](N)[O-]. The fourth-order valence-corrected chi connectivity index (χ4v) is 1.95. The van der Waals surface area contributed by atoms with E-state index >= 15 is 0 Å². The van der Waals surface area contributed by atoms with Gasteiger partial charge in [-0.2, -0.15) is 5.14 Å². The predicted molar refractivity (Wildman–Crippen MR) is 74.8 cm³/mol. The van der Waals surface area contributed by atoms with Crippen molar-refractivity contribution >= 4 is 28.2 Å². The van der Waals surface area contributed by atoms with Crippen molar-refractivity contribution in [3.63, 3.8) is 0 Å². The van der Waals surface area contributed by atoms with Gasteiger partial charge in [0.1, 0.15) is 0 Å². The molecule has 0 bridgehead atoms. The van der Waals surface area contributed by atoms with Crippen LogP contribution >= 0.6 is 0 Å². The molecule has 2 N–H and O–H groups in total. The van der Waals surface area contributed by atoms with Crippen LogP contribution in [0.3, 0.4) is 0 Å². The third-order valence-corrected chi connectivity index (χ3v) is 3.63. The average molecular weight is 245 g/mol. The molecule has 2 unspecified atom stereocenters. The Hall–Kier alpha value is -1.29. The van der Waals surface area contributed by atoms with Gasteiger partial charge in [-0.15, -0.1) is 0 Å². The van der Waals surface area contributed by atoms with E-state index in [1.54, 1.807) is 0 Å². The highest BCUT2D eigenvalue weighted by atomic mass is 32.2. The van der Waals surface area contributed by atoms with E-state index in [4.69, 9.17) is 5.14 Å². The Kier molecular flexibility index (Phi) is 3.84. The van der Waals surface area contributed by atoms with E-state index in [1.807, 2.05) is 43.3 Å². The molecule has 2 nitrogen and oxygen atoms in total. The van der Waals surface area contributed by atoms with E-state index in [0.717, 1.165) is 5.56 Å². The summed E-state index contributed by atoms with van der Waals surface area (Å²) < 4.78 is 11.1. The average Bonchev–Trinajstić information content (AvgIpc) is 2.35. The summed E-state index contributed by atoms with van der Waals surface area (Å²) in [4.78, 5) is 0. The van der Waals surface area contributed by atoms with Crippen LogP contribution in [0.1, 0.15) is 12.5 Å². The molecule has 0 fully saturated rings. The van der Waals surface area contributed by atoms with Gasteiger partial charge in [0, 0.05) is 11.4 Å². The molecule has 0 heterocycles. The lowest BCUT2D eigenvalue weighted by Gasteiger charge is -2.08. The highest BCUT2D eigenvalue weighted by molar-refractivity contribution is 7.89. The van der Waals surface area contributed by atoms with Crippen molar-refractivity contribution in [3.8, 4) is 0 Å². The molecule has 88 valence electrons. The normalized spacial score (nSPS) is 15.2. The van der Waals surface area contributed by atoms with Crippen LogP contribution in [0, 0.1) is 0 Å². The summed E-state index contributed by atoms with van der Waals surface area (Å²) in [5.74, 6) is 0. The lowest BCUT2D eigenvalue weighted by atomic mass is 10.0. The van der Waals surface area contributed by atoms with Gasteiger partial charge in [0.15, 0.2) is 5.25 Å². The van der Waals surface area contributed by atoms with Gasteiger partial charge in [-0.1, -0.05) is 48.5 Å². The smallest absolute Gasteiger partial charge is 0.150 e. The van der Waals surface area contributed by atoms with Crippen LogP contribution in [0.5, 0.6) is 0 Å². The van der Waals surface area contributed by atoms with Gasteiger partial charge < -0.3 is 4.55 Å². The van der Waals surface area contributed by atoms with E-state index in [2.05, 4.69) is 18.2 Å². The Morgan fingerprint density at radius 2 is 1.88 bits per heavy atom. The maximum Gasteiger partial charge on any atom is 0.150 e. The quantitative estimate of drug-likeness (QED) is 0.845. The number of benzene rings is 2. The molecule has 0 aliphatic rings. The fourth-order valence-electron chi connectivity index (χ4n) is 1.71. The van der Waals surface area contributed by atoms with Gasteiger partial charge in [0.05, 0.1) is 0 Å². The molecule has 0 saturated carbocycles. The van der Waals surface area contributed by atoms with E-state index in [-0.39, 0.29) is 5.25 Å². The van der Waals surface area contributed by atoms with Crippen LogP contribution < -0.4 is 5.14 Å². The molecule has 0 saturated heterocycles. The molecule has 0 amide bonds. The zero-order chi connectivity index (χ0) is 12.3. The summed E-state index contributed by atoms with van der Waals surface area (Å²) in [6.45, 7) is 1.84.